The summed E-state index contributed by atoms with van der Waals surface area (Å²) in [7, 11) is 0. The van der Waals surface area contributed by atoms with Crippen LogP contribution in [0.25, 0.3) is 0 Å². The number of rotatable bonds is 3. The third-order valence-corrected chi connectivity index (χ3v) is 3.57. The average molecular weight is 333 g/mol. The summed E-state index contributed by atoms with van der Waals surface area (Å²) in [5, 5.41) is 2.96. The molecule has 104 valence electrons. The number of nitrogens with one attached hydrogen (secondary N) is 1. The van der Waals surface area contributed by atoms with E-state index in [1.807, 2.05) is 50.2 Å². The minimum absolute atomic E-state index is 0.0286. The second-order valence-electron chi connectivity index (χ2n) is 4.88. The Morgan fingerprint density at radius 1 is 1.20 bits per heavy atom. The van der Waals surface area contributed by atoms with Gasteiger partial charge in [-0.3, -0.25) is 4.79 Å². The van der Waals surface area contributed by atoms with Crippen LogP contribution < -0.4 is 11.1 Å². The number of nitrogen functional groups attached to an aromatic ring is 1. The van der Waals surface area contributed by atoms with Crippen molar-refractivity contribution in [3.05, 3.63) is 57.6 Å². The molecule has 0 spiro atoms. The monoisotopic (exact) mass is 332 g/mol. The number of nitrogens with two attached hydrogens (primary N) is 1. The molecular formula is C16H17BrN2O. The minimum Gasteiger partial charge on any atom is -0.399 e. The summed E-state index contributed by atoms with van der Waals surface area (Å²) in [6.07, 6.45) is 0.350. The number of halogens is 1. The molecule has 0 heterocycles. The summed E-state index contributed by atoms with van der Waals surface area (Å²) in [6.45, 7) is 3.89. The van der Waals surface area contributed by atoms with Crippen LogP contribution >= 0.6 is 15.9 Å². The fourth-order valence-electron chi connectivity index (χ4n) is 2.21. The number of carbonyl (C=O) groups excluding carboxylic acids is 1. The molecule has 0 atom stereocenters. The first-order chi connectivity index (χ1) is 9.45. The molecular weight excluding hydrogens is 316 g/mol. The van der Waals surface area contributed by atoms with Gasteiger partial charge in [-0.15, -0.1) is 0 Å². The Kier molecular flexibility index (Phi) is 4.45. The normalized spacial score (nSPS) is 10.3. The van der Waals surface area contributed by atoms with E-state index in [2.05, 4.69) is 21.2 Å². The Balaban J connectivity index is 2.13. The number of hydrogen-bond donors (Lipinski definition) is 2. The van der Waals surface area contributed by atoms with Crippen molar-refractivity contribution in [2.75, 3.05) is 11.1 Å². The fourth-order valence-corrected chi connectivity index (χ4v) is 2.66. The molecule has 0 aliphatic rings. The summed E-state index contributed by atoms with van der Waals surface area (Å²) in [4.78, 5) is 12.1. The number of carbonyl (C=O) groups is 1. The predicted molar refractivity (Wildman–Crippen MR) is 86.8 cm³/mol. The highest BCUT2D eigenvalue weighted by Gasteiger charge is 2.09. The van der Waals surface area contributed by atoms with Crippen molar-refractivity contribution >= 4 is 33.2 Å². The first-order valence-electron chi connectivity index (χ1n) is 6.36. The smallest absolute Gasteiger partial charge is 0.228 e. The predicted octanol–water partition coefficient (Wildman–Crippen LogP) is 3.83. The number of anilines is 2. The van der Waals surface area contributed by atoms with Crippen molar-refractivity contribution in [3.8, 4) is 0 Å². The number of hydrogen-bond acceptors (Lipinski definition) is 2. The molecule has 1 amide bonds. The first-order valence-corrected chi connectivity index (χ1v) is 7.16. The zero-order valence-electron chi connectivity index (χ0n) is 11.5. The molecule has 0 saturated heterocycles. The van der Waals surface area contributed by atoms with Crippen LogP contribution in [0.5, 0.6) is 0 Å². The van der Waals surface area contributed by atoms with E-state index >= 15 is 0 Å². The number of benzene rings is 2. The highest BCUT2D eigenvalue weighted by Crippen LogP contribution is 2.23. The van der Waals surface area contributed by atoms with Crippen LogP contribution in [0.2, 0.25) is 0 Å². The first kappa shape index (κ1) is 14.6. The largest absolute Gasteiger partial charge is 0.399 e. The lowest BCUT2D eigenvalue weighted by atomic mass is 10.1. The van der Waals surface area contributed by atoms with E-state index in [0.717, 1.165) is 26.9 Å². The van der Waals surface area contributed by atoms with Gasteiger partial charge in [-0.1, -0.05) is 28.1 Å². The summed E-state index contributed by atoms with van der Waals surface area (Å²) >= 11 is 3.40. The van der Waals surface area contributed by atoms with Crippen LogP contribution in [0.3, 0.4) is 0 Å². The van der Waals surface area contributed by atoms with Gasteiger partial charge in [0.25, 0.3) is 0 Å². The Morgan fingerprint density at radius 2 is 1.85 bits per heavy atom. The van der Waals surface area contributed by atoms with Crippen molar-refractivity contribution in [2.24, 2.45) is 0 Å². The van der Waals surface area contributed by atoms with E-state index in [-0.39, 0.29) is 5.91 Å². The van der Waals surface area contributed by atoms with Crippen molar-refractivity contribution in [1.82, 2.24) is 0 Å². The molecule has 3 nitrogen and oxygen atoms in total. The van der Waals surface area contributed by atoms with Gasteiger partial charge in [0.15, 0.2) is 0 Å². The molecule has 20 heavy (non-hydrogen) atoms. The zero-order chi connectivity index (χ0) is 14.7. The SMILES string of the molecule is Cc1cc(N)cc(C)c1NC(=O)Cc1cccc(Br)c1. The Bertz CT molecular complexity index is 630. The Labute approximate surface area is 127 Å². The Hall–Kier alpha value is -1.81. The van der Waals surface area contributed by atoms with Gasteiger partial charge in [0, 0.05) is 15.8 Å². The average Bonchev–Trinajstić information content (AvgIpc) is 2.33. The van der Waals surface area contributed by atoms with E-state index in [4.69, 9.17) is 5.73 Å². The van der Waals surface area contributed by atoms with Crippen LogP contribution in [-0.2, 0) is 11.2 Å². The molecule has 0 radical (unpaired) electrons. The standard InChI is InChI=1S/C16H17BrN2O/c1-10-6-14(18)7-11(2)16(10)19-15(20)9-12-4-3-5-13(17)8-12/h3-8H,9,18H2,1-2H3,(H,19,20). The molecule has 0 saturated carbocycles. The van der Waals surface area contributed by atoms with E-state index < -0.39 is 0 Å². The van der Waals surface area contributed by atoms with Gasteiger partial charge < -0.3 is 11.1 Å². The summed E-state index contributed by atoms with van der Waals surface area (Å²) in [6, 6.07) is 11.5. The summed E-state index contributed by atoms with van der Waals surface area (Å²) in [5.74, 6) is -0.0286. The van der Waals surface area contributed by atoms with Gasteiger partial charge in [-0.2, -0.15) is 0 Å². The van der Waals surface area contributed by atoms with Crippen molar-refractivity contribution < 1.29 is 4.79 Å². The van der Waals surface area contributed by atoms with Gasteiger partial charge in [-0.25, -0.2) is 0 Å². The zero-order valence-corrected chi connectivity index (χ0v) is 13.1. The van der Waals surface area contributed by atoms with Crippen LogP contribution in [0.4, 0.5) is 11.4 Å². The maximum atomic E-state index is 12.1. The maximum absolute atomic E-state index is 12.1. The fraction of sp³-hybridized carbons (Fsp3) is 0.188. The van der Waals surface area contributed by atoms with Gasteiger partial charge in [-0.05, 0) is 54.8 Å². The maximum Gasteiger partial charge on any atom is 0.228 e. The van der Waals surface area contributed by atoms with Gasteiger partial charge in [0.05, 0.1) is 6.42 Å². The van der Waals surface area contributed by atoms with Gasteiger partial charge >= 0.3 is 0 Å². The molecule has 3 N–H and O–H groups in total. The minimum atomic E-state index is -0.0286. The van der Waals surface area contributed by atoms with Crippen LogP contribution in [0.1, 0.15) is 16.7 Å². The molecule has 0 aliphatic carbocycles. The Morgan fingerprint density at radius 3 is 2.45 bits per heavy atom. The number of aryl methyl sites for hydroxylation is 2. The van der Waals surface area contributed by atoms with Crippen molar-refractivity contribution in [2.45, 2.75) is 20.3 Å². The molecule has 4 heteroatoms. The topological polar surface area (TPSA) is 55.1 Å². The quantitative estimate of drug-likeness (QED) is 0.839. The highest BCUT2D eigenvalue weighted by molar-refractivity contribution is 9.10. The van der Waals surface area contributed by atoms with E-state index in [1.165, 1.54) is 0 Å². The molecule has 0 unspecified atom stereocenters. The molecule has 0 aliphatic heterocycles. The van der Waals surface area contributed by atoms with Crippen LogP contribution in [0, 0.1) is 13.8 Å². The second-order valence-corrected chi connectivity index (χ2v) is 5.80. The van der Waals surface area contributed by atoms with Crippen LogP contribution in [-0.4, -0.2) is 5.91 Å². The summed E-state index contributed by atoms with van der Waals surface area (Å²) in [5.41, 5.74) is 10.3. The molecule has 0 fully saturated rings. The lowest BCUT2D eigenvalue weighted by molar-refractivity contribution is -0.115. The molecule has 0 aromatic heterocycles. The lowest BCUT2D eigenvalue weighted by Gasteiger charge is -2.12. The van der Waals surface area contributed by atoms with Crippen molar-refractivity contribution in [1.29, 1.82) is 0 Å². The molecule has 2 aromatic rings. The summed E-state index contributed by atoms with van der Waals surface area (Å²) < 4.78 is 0.975. The lowest BCUT2D eigenvalue weighted by Crippen LogP contribution is -2.16. The van der Waals surface area contributed by atoms with Gasteiger partial charge in [0.2, 0.25) is 5.91 Å². The molecule has 0 bridgehead atoms. The van der Waals surface area contributed by atoms with E-state index in [9.17, 15) is 4.79 Å². The van der Waals surface area contributed by atoms with Gasteiger partial charge in [0.1, 0.15) is 0 Å². The van der Waals surface area contributed by atoms with E-state index in [0.29, 0.717) is 12.1 Å². The highest BCUT2D eigenvalue weighted by atomic mass is 79.9. The third kappa shape index (κ3) is 3.61. The second kappa shape index (κ2) is 6.09. The molecule has 2 aromatic carbocycles. The third-order valence-electron chi connectivity index (χ3n) is 3.07. The molecule has 2 rings (SSSR count). The van der Waals surface area contributed by atoms with E-state index in [1.54, 1.807) is 0 Å². The van der Waals surface area contributed by atoms with Crippen molar-refractivity contribution in [3.63, 3.8) is 0 Å². The number of amides is 1. The van der Waals surface area contributed by atoms with Crippen LogP contribution in [0.15, 0.2) is 40.9 Å².